The summed E-state index contributed by atoms with van der Waals surface area (Å²) in [4.78, 5) is 41.0. The molecule has 2 N–H and O–H groups in total. The number of anilines is 1. The monoisotopic (exact) mass is 455 g/mol. The second kappa shape index (κ2) is 9.40. The highest BCUT2D eigenvalue weighted by molar-refractivity contribution is 6.45. The molecule has 1 aromatic carbocycles. The molecule has 10 heteroatoms. The number of carbonyl (C=O) groups is 3. The van der Waals surface area contributed by atoms with Gasteiger partial charge in [-0.25, -0.2) is 14.2 Å². The van der Waals surface area contributed by atoms with E-state index in [-0.39, 0.29) is 21.3 Å². The molecule has 0 aliphatic heterocycles. The van der Waals surface area contributed by atoms with Gasteiger partial charge in [0, 0.05) is 6.20 Å². The van der Waals surface area contributed by atoms with Crippen molar-refractivity contribution in [2.45, 2.75) is 39.3 Å². The maximum Gasteiger partial charge on any atom is 0.408 e. The smallest absolute Gasteiger partial charge is 0.408 e. The highest BCUT2D eigenvalue weighted by Crippen LogP contribution is 2.33. The molecule has 0 bridgehead atoms. The van der Waals surface area contributed by atoms with E-state index >= 15 is 0 Å². The number of benzene rings is 1. The van der Waals surface area contributed by atoms with Crippen LogP contribution in [0, 0.1) is 5.82 Å². The summed E-state index contributed by atoms with van der Waals surface area (Å²) < 4.78 is 19.2. The first-order valence-corrected chi connectivity index (χ1v) is 9.60. The van der Waals surface area contributed by atoms with E-state index in [4.69, 9.17) is 27.9 Å². The van der Waals surface area contributed by atoms with Crippen molar-refractivity contribution in [3.05, 3.63) is 57.6 Å². The second-order valence-electron chi connectivity index (χ2n) is 7.30. The Morgan fingerprint density at radius 1 is 1.17 bits per heavy atom. The molecule has 0 saturated heterocycles. The van der Waals surface area contributed by atoms with Gasteiger partial charge in [-0.1, -0.05) is 23.2 Å². The van der Waals surface area contributed by atoms with Crippen LogP contribution in [0.5, 0.6) is 0 Å². The van der Waals surface area contributed by atoms with E-state index in [0.717, 1.165) is 6.07 Å². The van der Waals surface area contributed by atoms with Crippen LogP contribution in [-0.4, -0.2) is 34.4 Å². The number of nitrogens with zero attached hydrogens (tertiary/aromatic N) is 1. The van der Waals surface area contributed by atoms with Crippen molar-refractivity contribution in [2.24, 2.45) is 0 Å². The van der Waals surface area contributed by atoms with Gasteiger partial charge >= 0.3 is 6.09 Å². The number of ketones is 1. The van der Waals surface area contributed by atoms with E-state index < -0.39 is 40.9 Å². The third kappa shape index (κ3) is 5.90. The summed E-state index contributed by atoms with van der Waals surface area (Å²) in [5.74, 6) is -2.37. The van der Waals surface area contributed by atoms with Crippen LogP contribution in [0.3, 0.4) is 0 Å². The molecule has 0 spiro atoms. The number of rotatable bonds is 5. The first-order valence-electron chi connectivity index (χ1n) is 8.84. The Balaban J connectivity index is 2.29. The summed E-state index contributed by atoms with van der Waals surface area (Å²) in [5.41, 5.74) is -1.45. The summed E-state index contributed by atoms with van der Waals surface area (Å²) in [7, 11) is 0. The van der Waals surface area contributed by atoms with Crippen molar-refractivity contribution in [1.29, 1.82) is 0 Å². The topological polar surface area (TPSA) is 97.4 Å². The number of hydrogen-bond acceptors (Lipinski definition) is 5. The molecule has 0 aliphatic carbocycles. The fourth-order valence-corrected chi connectivity index (χ4v) is 2.75. The lowest BCUT2D eigenvalue weighted by molar-refractivity contribution is -0.117. The van der Waals surface area contributed by atoms with E-state index in [0.29, 0.717) is 0 Å². The Morgan fingerprint density at radius 2 is 1.83 bits per heavy atom. The number of ether oxygens (including phenoxy) is 1. The molecule has 0 saturated carbocycles. The first kappa shape index (κ1) is 23.6. The number of amides is 2. The van der Waals surface area contributed by atoms with E-state index in [1.807, 2.05) is 0 Å². The number of carbonyl (C=O) groups excluding carboxylic acids is 3. The Bertz CT molecular complexity index is 993. The molecular weight excluding hydrogens is 436 g/mol. The van der Waals surface area contributed by atoms with Crippen LogP contribution < -0.4 is 10.6 Å². The Kier molecular flexibility index (Phi) is 7.39. The average Bonchev–Trinajstić information content (AvgIpc) is 2.63. The lowest BCUT2D eigenvalue weighted by Gasteiger charge is -2.22. The van der Waals surface area contributed by atoms with Crippen LogP contribution in [-0.2, 0) is 9.53 Å². The fraction of sp³-hybridized carbons (Fsp3) is 0.300. The number of alkyl carbamates (subject to hydrolysis) is 1. The van der Waals surface area contributed by atoms with Crippen molar-refractivity contribution >= 4 is 46.7 Å². The predicted molar refractivity (Wildman–Crippen MR) is 112 cm³/mol. The van der Waals surface area contributed by atoms with Crippen molar-refractivity contribution in [3.63, 3.8) is 0 Å². The van der Waals surface area contributed by atoms with Crippen LogP contribution in [0.4, 0.5) is 14.9 Å². The minimum Gasteiger partial charge on any atom is -0.444 e. The van der Waals surface area contributed by atoms with Crippen molar-refractivity contribution in [2.75, 3.05) is 5.32 Å². The van der Waals surface area contributed by atoms with Crippen molar-refractivity contribution in [1.82, 2.24) is 10.3 Å². The Labute approximate surface area is 182 Å². The maximum atomic E-state index is 14.1. The second-order valence-corrected chi connectivity index (χ2v) is 8.09. The molecule has 1 atom stereocenters. The van der Waals surface area contributed by atoms with Crippen LogP contribution in [0.25, 0.3) is 0 Å². The molecule has 7 nitrogen and oxygen atoms in total. The van der Waals surface area contributed by atoms with Gasteiger partial charge in [0.1, 0.15) is 17.3 Å². The van der Waals surface area contributed by atoms with Crippen LogP contribution in [0.1, 0.15) is 43.7 Å². The maximum absolute atomic E-state index is 14.1. The molecule has 1 aromatic heterocycles. The van der Waals surface area contributed by atoms with Crippen molar-refractivity contribution in [3.8, 4) is 0 Å². The standard InChI is InChI=1S/C20H20Cl2FN3O4/c1-10(25-19(29)30-20(2,3)4)18(28)26-13-8-7-11(21)15(22)14(13)17(27)16-12(23)6-5-9-24-16/h5-10H,1-4H3,(H,25,29)(H,26,28). The van der Waals surface area contributed by atoms with Gasteiger partial charge in [0.25, 0.3) is 0 Å². The summed E-state index contributed by atoms with van der Waals surface area (Å²) in [6.45, 7) is 6.47. The number of aromatic nitrogens is 1. The summed E-state index contributed by atoms with van der Waals surface area (Å²) in [6.07, 6.45) is 0.464. The highest BCUT2D eigenvalue weighted by Gasteiger charge is 2.26. The van der Waals surface area contributed by atoms with Crippen LogP contribution >= 0.6 is 23.2 Å². The number of hydrogen-bond donors (Lipinski definition) is 2. The van der Waals surface area contributed by atoms with Gasteiger partial charge in [-0.15, -0.1) is 0 Å². The van der Waals surface area contributed by atoms with E-state index in [2.05, 4.69) is 15.6 Å². The van der Waals surface area contributed by atoms with Gasteiger partial charge in [0.15, 0.2) is 5.82 Å². The summed E-state index contributed by atoms with van der Waals surface area (Å²) in [6, 6.07) is 4.11. The third-order valence-electron chi connectivity index (χ3n) is 3.68. The van der Waals surface area contributed by atoms with Gasteiger partial charge in [0.2, 0.25) is 11.7 Å². The zero-order valence-corrected chi connectivity index (χ0v) is 18.2. The molecule has 30 heavy (non-hydrogen) atoms. The number of halogens is 3. The molecule has 0 fully saturated rings. The quantitative estimate of drug-likeness (QED) is 0.641. The van der Waals surface area contributed by atoms with Crippen LogP contribution in [0.15, 0.2) is 30.5 Å². The SMILES string of the molecule is CC(NC(=O)OC(C)(C)C)C(=O)Nc1ccc(Cl)c(Cl)c1C(=O)c1ncccc1F. The fourth-order valence-electron chi connectivity index (χ4n) is 2.34. The summed E-state index contributed by atoms with van der Waals surface area (Å²) in [5, 5.41) is 4.74. The zero-order valence-electron chi connectivity index (χ0n) is 16.7. The molecule has 1 unspecified atom stereocenters. The van der Waals surface area contributed by atoms with Crippen LogP contribution in [0.2, 0.25) is 10.0 Å². The first-order chi connectivity index (χ1) is 13.9. The molecule has 2 rings (SSSR count). The van der Waals surface area contributed by atoms with Gasteiger partial charge in [0.05, 0.1) is 21.3 Å². The Hall–Kier alpha value is -2.71. The number of pyridine rings is 1. The van der Waals surface area contributed by atoms with E-state index in [1.54, 1.807) is 20.8 Å². The minimum absolute atomic E-state index is 0.0118. The third-order valence-corrected chi connectivity index (χ3v) is 4.48. The highest BCUT2D eigenvalue weighted by atomic mass is 35.5. The average molecular weight is 456 g/mol. The largest absolute Gasteiger partial charge is 0.444 e. The molecule has 0 aliphatic rings. The Morgan fingerprint density at radius 3 is 2.43 bits per heavy atom. The molecule has 160 valence electrons. The zero-order chi connectivity index (χ0) is 22.6. The normalized spacial score (nSPS) is 12.1. The molecular formula is C20H20Cl2FN3O4. The molecule has 0 radical (unpaired) electrons. The van der Waals surface area contributed by atoms with Gasteiger partial charge in [-0.2, -0.15) is 0 Å². The van der Waals surface area contributed by atoms with Gasteiger partial charge in [-0.05, 0) is 52.0 Å². The van der Waals surface area contributed by atoms with E-state index in [9.17, 15) is 18.8 Å². The molecule has 2 aromatic rings. The lowest BCUT2D eigenvalue weighted by atomic mass is 10.0. The van der Waals surface area contributed by atoms with Gasteiger partial charge < -0.3 is 15.4 Å². The molecule has 2 amide bonds. The minimum atomic E-state index is -1.01. The molecule has 1 heterocycles. The number of nitrogens with one attached hydrogen (secondary N) is 2. The summed E-state index contributed by atoms with van der Waals surface area (Å²) >= 11 is 12.2. The predicted octanol–water partition coefficient (Wildman–Crippen LogP) is 4.61. The lowest BCUT2D eigenvalue weighted by Crippen LogP contribution is -2.44. The van der Waals surface area contributed by atoms with Gasteiger partial charge in [-0.3, -0.25) is 9.59 Å². The van der Waals surface area contributed by atoms with Crippen molar-refractivity contribution < 1.29 is 23.5 Å². The van der Waals surface area contributed by atoms with E-state index in [1.165, 1.54) is 31.3 Å².